The highest BCUT2D eigenvalue weighted by Crippen LogP contribution is 2.29. The van der Waals surface area contributed by atoms with Crippen LogP contribution in [-0.4, -0.2) is 11.5 Å². The predicted molar refractivity (Wildman–Crippen MR) is 85.6 cm³/mol. The highest BCUT2D eigenvalue weighted by molar-refractivity contribution is 6.31. The lowest BCUT2D eigenvalue weighted by Gasteiger charge is -2.16. The van der Waals surface area contributed by atoms with Gasteiger partial charge in [-0.1, -0.05) is 24.6 Å². The van der Waals surface area contributed by atoms with Crippen molar-refractivity contribution in [3.63, 3.8) is 0 Å². The zero-order chi connectivity index (χ0) is 14.7. The number of rotatable bonds is 5. The molecule has 3 aromatic rings. The van der Waals surface area contributed by atoms with Crippen molar-refractivity contribution in [3.05, 3.63) is 65.1 Å². The Hall–Kier alpha value is -1.84. The van der Waals surface area contributed by atoms with Crippen LogP contribution in [0, 0.1) is 0 Å². The smallest absolute Gasteiger partial charge is 0.134 e. The summed E-state index contributed by atoms with van der Waals surface area (Å²) in [6.07, 6.45) is 4.70. The second-order valence-electron chi connectivity index (χ2n) is 5.00. The van der Waals surface area contributed by atoms with E-state index in [0.717, 1.165) is 35.3 Å². The molecule has 0 aliphatic rings. The minimum atomic E-state index is 0.00447. The van der Waals surface area contributed by atoms with Crippen LogP contribution in [0.1, 0.15) is 30.7 Å². The third-order valence-electron chi connectivity index (χ3n) is 3.40. The van der Waals surface area contributed by atoms with Gasteiger partial charge in [0.15, 0.2) is 0 Å². The third-order valence-corrected chi connectivity index (χ3v) is 3.63. The summed E-state index contributed by atoms with van der Waals surface area (Å²) < 4.78 is 5.99. The molecule has 1 N–H and O–H groups in total. The summed E-state index contributed by atoms with van der Waals surface area (Å²) in [7, 11) is 0. The molecular weight excluding hydrogens is 284 g/mol. The SMILES string of the molecule is CCCNC(c1cccnc1)c1cc2cc(Cl)ccc2o1. The van der Waals surface area contributed by atoms with Gasteiger partial charge in [0.1, 0.15) is 11.3 Å². The van der Waals surface area contributed by atoms with E-state index in [1.807, 2.05) is 36.5 Å². The van der Waals surface area contributed by atoms with Crippen LogP contribution in [0.4, 0.5) is 0 Å². The lowest BCUT2D eigenvalue weighted by atomic mass is 10.1. The molecule has 0 amide bonds. The number of nitrogens with zero attached hydrogens (tertiary/aromatic N) is 1. The highest BCUT2D eigenvalue weighted by atomic mass is 35.5. The van der Waals surface area contributed by atoms with Crippen LogP contribution in [0.25, 0.3) is 11.0 Å². The molecule has 2 aromatic heterocycles. The average molecular weight is 301 g/mol. The summed E-state index contributed by atoms with van der Waals surface area (Å²) in [5.74, 6) is 0.883. The van der Waals surface area contributed by atoms with Gasteiger partial charge in [0.25, 0.3) is 0 Å². The van der Waals surface area contributed by atoms with Gasteiger partial charge in [-0.25, -0.2) is 0 Å². The number of nitrogens with one attached hydrogen (secondary N) is 1. The first-order chi connectivity index (χ1) is 10.3. The summed E-state index contributed by atoms with van der Waals surface area (Å²) in [6, 6.07) is 11.7. The zero-order valence-corrected chi connectivity index (χ0v) is 12.6. The summed E-state index contributed by atoms with van der Waals surface area (Å²) in [4.78, 5) is 4.20. The van der Waals surface area contributed by atoms with Gasteiger partial charge in [0.05, 0.1) is 6.04 Å². The summed E-state index contributed by atoms with van der Waals surface area (Å²) >= 11 is 6.04. The second kappa shape index (κ2) is 6.29. The standard InChI is InChI=1S/C17H17ClN2O/c1-2-7-20-17(12-4-3-8-19-11-12)16-10-13-9-14(18)5-6-15(13)21-16/h3-6,8-11,17,20H,2,7H2,1H3. The Morgan fingerprint density at radius 2 is 2.19 bits per heavy atom. The van der Waals surface area contributed by atoms with E-state index in [2.05, 4.69) is 23.3 Å². The molecule has 0 saturated carbocycles. The van der Waals surface area contributed by atoms with Crippen LogP contribution in [0.2, 0.25) is 5.02 Å². The van der Waals surface area contributed by atoms with Crippen LogP contribution in [0.3, 0.4) is 0 Å². The van der Waals surface area contributed by atoms with Crippen molar-refractivity contribution in [2.24, 2.45) is 0 Å². The monoisotopic (exact) mass is 300 g/mol. The Kier molecular flexibility index (Phi) is 4.23. The van der Waals surface area contributed by atoms with Crippen LogP contribution < -0.4 is 5.32 Å². The summed E-state index contributed by atoms with van der Waals surface area (Å²) in [5.41, 5.74) is 1.94. The Bertz CT molecular complexity index is 724. The van der Waals surface area contributed by atoms with Gasteiger partial charge in [-0.3, -0.25) is 4.98 Å². The van der Waals surface area contributed by atoms with E-state index >= 15 is 0 Å². The lowest BCUT2D eigenvalue weighted by molar-refractivity contribution is 0.469. The summed E-state index contributed by atoms with van der Waals surface area (Å²) in [6.45, 7) is 3.06. The molecule has 4 heteroatoms. The van der Waals surface area contributed by atoms with E-state index in [0.29, 0.717) is 5.02 Å². The molecule has 3 rings (SSSR count). The molecule has 3 nitrogen and oxygen atoms in total. The molecule has 2 heterocycles. The predicted octanol–water partition coefficient (Wildman–Crippen LogP) is 4.57. The van der Waals surface area contributed by atoms with Gasteiger partial charge < -0.3 is 9.73 Å². The number of pyridine rings is 1. The molecular formula is C17H17ClN2O. The molecule has 21 heavy (non-hydrogen) atoms. The maximum Gasteiger partial charge on any atom is 0.134 e. The van der Waals surface area contributed by atoms with Crippen molar-refractivity contribution in [1.82, 2.24) is 10.3 Å². The first-order valence-corrected chi connectivity index (χ1v) is 7.48. The van der Waals surface area contributed by atoms with Crippen LogP contribution in [-0.2, 0) is 0 Å². The average Bonchev–Trinajstić information content (AvgIpc) is 2.91. The minimum Gasteiger partial charge on any atom is -0.459 e. The Morgan fingerprint density at radius 1 is 1.29 bits per heavy atom. The van der Waals surface area contributed by atoms with E-state index in [-0.39, 0.29) is 6.04 Å². The fourth-order valence-corrected chi connectivity index (χ4v) is 2.58. The van der Waals surface area contributed by atoms with Crippen LogP contribution in [0.15, 0.2) is 53.2 Å². The van der Waals surface area contributed by atoms with Gasteiger partial charge in [0.2, 0.25) is 0 Å². The molecule has 0 saturated heterocycles. The van der Waals surface area contributed by atoms with Crippen molar-refractivity contribution in [2.75, 3.05) is 6.54 Å². The van der Waals surface area contributed by atoms with Crippen molar-refractivity contribution < 1.29 is 4.42 Å². The van der Waals surface area contributed by atoms with Crippen LogP contribution >= 0.6 is 11.6 Å². The summed E-state index contributed by atoms with van der Waals surface area (Å²) in [5, 5.41) is 5.25. The molecule has 108 valence electrons. The molecule has 1 aromatic carbocycles. The number of halogens is 1. The number of hydrogen-bond acceptors (Lipinski definition) is 3. The van der Waals surface area contributed by atoms with Crippen molar-refractivity contribution in [3.8, 4) is 0 Å². The quantitative estimate of drug-likeness (QED) is 0.750. The molecule has 1 atom stereocenters. The molecule has 1 unspecified atom stereocenters. The van der Waals surface area contributed by atoms with Gasteiger partial charge in [0, 0.05) is 22.8 Å². The highest BCUT2D eigenvalue weighted by Gasteiger charge is 2.18. The maximum absolute atomic E-state index is 6.04. The van der Waals surface area contributed by atoms with E-state index in [1.165, 1.54) is 0 Å². The Morgan fingerprint density at radius 3 is 2.95 bits per heavy atom. The molecule has 0 radical (unpaired) electrons. The topological polar surface area (TPSA) is 38.1 Å². The van der Waals surface area contributed by atoms with Crippen LogP contribution in [0.5, 0.6) is 0 Å². The normalized spacial score (nSPS) is 12.7. The van der Waals surface area contributed by atoms with Gasteiger partial charge in [-0.05, 0) is 48.9 Å². The van der Waals surface area contributed by atoms with Crippen molar-refractivity contribution in [2.45, 2.75) is 19.4 Å². The van der Waals surface area contributed by atoms with Crippen molar-refractivity contribution in [1.29, 1.82) is 0 Å². The number of aromatic nitrogens is 1. The molecule has 0 fully saturated rings. The van der Waals surface area contributed by atoms with Gasteiger partial charge in [-0.15, -0.1) is 0 Å². The van der Waals surface area contributed by atoms with E-state index in [1.54, 1.807) is 6.20 Å². The fourth-order valence-electron chi connectivity index (χ4n) is 2.40. The first-order valence-electron chi connectivity index (χ1n) is 7.10. The van der Waals surface area contributed by atoms with Gasteiger partial charge >= 0.3 is 0 Å². The van der Waals surface area contributed by atoms with Crippen molar-refractivity contribution >= 4 is 22.6 Å². The minimum absolute atomic E-state index is 0.00447. The molecule has 0 bridgehead atoms. The molecule has 0 aliphatic carbocycles. The Labute approximate surface area is 128 Å². The largest absolute Gasteiger partial charge is 0.459 e. The number of hydrogen-bond donors (Lipinski definition) is 1. The number of fused-ring (bicyclic) bond motifs is 1. The molecule has 0 aliphatic heterocycles. The van der Waals surface area contributed by atoms with E-state index in [9.17, 15) is 0 Å². The van der Waals surface area contributed by atoms with E-state index in [4.69, 9.17) is 16.0 Å². The third kappa shape index (κ3) is 3.09. The maximum atomic E-state index is 6.04. The van der Waals surface area contributed by atoms with Gasteiger partial charge in [-0.2, -0.15) is 0 Å². The number of furan rings is 1. The van der Waals surface area contributed by atoms with E-state index < -0.39 is 0 Å². The fraction of sp³-hybridized carbons (Fsp3) is 0.235. The Balaban J connectivity index is 2.01. The number of benzene rings is 1. The first kappa shape index (κ1) is 14.1. The lowest BCUT2D eigenvalue weighted by Crippen LogP contribution is -2.22. The molecule has 0 spiro atoms. The zero-order valence-electron chi connectivity index (χ0n) is 11.8. The second-order valence-corrected chi connectivity index (χ2v) is 5.44.